The number of alkyl halides is 3. The molecule has 0 bridgehead atoms. The molecule has 1 aliphatic heterocycles. The van der Waals surface area contributed by atoms with E-state index in [0.717, 1.165) is 7.05 Å². The summed E-state index contributed by atoms with van der Waals surface area (Å²) in [6.45, 7) is 0.0674. The zero-order valence-corrected chi connectivity index (χ0v) is 15.3. The van der Waals surface area contributed by atoms with Crippen molar-refractivity contribution in [2.24, 2.45) is 0 Å². The third-order valence-electron chi connectivity index (χ3n) is 4.34. The Bertz CT molecular complexity index is 940. The molecule has 1 atom stereocenters. The summed E-state index contributed by atoms with van der Waals surface area (Å²) in [5, 5.41) is 0. The summed E-state index contributed by atoms with van der Waals surface area (Å²) in [6, 6.07) is 11.5. The van der Waals surface area contributed by atoms with Gasteiger partial charge in [-0.2, -0.15) is 17.5 Å². The van der Waals surface area contributed by atoms with Crippen LogP contribution < -0.4 is 4.74 Å². The van der Waals surface area contributed by atoms with Crippen LogP contribution in [-0.2, 0) is 10.0 Å². The number of halogens is 3. The van der Waals surface area contributed by atoms with Gasteiger partial charge in [-0.15, -0.1) is 0 Å². The molecular formula is C19H18F3NO3S. The molecule has 1 aliphatic rings. The van der Waals surface area contributed by atoms with E-state index in [1.807, 2.05) is 0 Å². The molecule has 1 heterocycles. The molecule has 144 valence electrons. The predicted molar refractivity (Wildman–Crippen MR) is 96.5 cm³/mol. The minimum absolute atomic E-state index is 0.0132. The van der Waals surface area contributed by atoms with Crippen LogP contribution in [0.25, 0.3) is 6.08 Å². The van der Waals surface area contributed by atoms with Gasteiger partial charge in [0.1, 0.15) is 11.8 Å². The first kappa shape index (κ1) is 19.4. The van der Waals surface area contributed by atoms with Gasteiger partial charge in [-0.1, -0.05) is 48.5 Å². The number of hydrogen-bond donors (Lipinski definition) is 0. The Morgan fingerprint density at radius 2 is 1.67 bits per heavy atom. The maximum Gasteiger partial charge on any atom is 0.409 e. The van der Waals surface area contributed by atoms with Gasteiger partial charge in [-0.25, -0.2) is 8.42 Å². The second-order valence-electron chi connectivity index (χ2n) is 6.12. The molecule has 0 aromatic heterocycles. The highest BCUT2D eigenvalue weighted by Gasteiger charge is 2.48. The molecule has 2 aromatic rings. The number of para-hydroxylation sites is 1. The van der Waals surface area contributed by atoms with Gasteiger partial charge >= 0.3 is 6.18 Å². The van der Waals surface area contributed by atoms with Gasteiger partial charge < -0.3 is 4.74 Å². The number of sulfonamides is 1. The predicted octanol–water partition coefficient (Wildman–Crippen LogP) is 4.38. The van der Waals surface area contributed by atoms with Crippen LogP contribution in [0.5, 0.6) is 5.75 Å². The molecule has 4 nitrogen and oxygen atoms in total. The average molecular weight is 397 g/mol. The van der Waals surface area contributed by atoms with Crippen LogP contribution in [-0.4, -0.2) is 32.6 Å². The Hall–Kier alpha value is -2.32. The fourth-order valence-electron chi connectivity index (χ4n) is 3.01. The molecule has 0 saturated carbocycles. The van der Waals surface area contributed by atoms with E-state index in [-0.39, 0.29) is 23.5 Å². The molecular weight excluding hydrogens is 379 g/mol. The summed E-state index contributed by atoms with van der Waals surface area (Å²) in [5.41, 5.74) is 0.382. The standard InChI is InChI=1S/C19H18F3NO3S/c1-23(18(19(20,21)22)14-7-3-2-4-8-14)27(24,25)16-11-12-26-17-10-6-5-9-15(17)13-16/h2-10,13,18H,11-12H2,1H3. The third-order valence-corrected chi connectivity index (χ3v) is 6.29. The van der Waals surface area contributed by atoms with E-state index >= 15 is 0 Å². The quantitative estimate of drug-likeness (QED) is 0.770. The highest BCUT2D eigenvalue weighted by Crippen LogP contribution is 2.40. The molecule has 0 aliphatic carbocycles. The summed E-state index contributed by atoms with van der Waals surface area (Å²) in [4.78, 5) is -0.111. The van der Waals surface area contributed by atoms with Crippen LogP contribution in [0.1, 0.15) is 23.6 Å². The van der Waals surface area contributed by atoms with Gasteiger partial charge in [0.25, 0.3) is 0 Å². The molecule has 0 fully saturated rings. The van der Waals surface area contributed by atoms with E-state index in [2.05, 4.69) is 0 Å². The molecule has 0 radical (unpaired) electrons. The summed E-state index contributed by atoms with van der Waals surface area (Å²) >= 11 is 0. The Morgan fingerprint density at radius 3 is 2.33 bits per heavy atom. The SMILES string of the molecule is CN(C(c1ccccc1)C(F)(F)F)S(=O)(=O)C1=Cc2ccccc2OCC1. The highest BCUT2D eigenvalue weighted by atomic mass is 32.2. The summed E-state index contributed by atoms with van der Waals surface area (Å²) in [5.74, 6) is 0.501. The van der Waals surface area contributed by atoms with E-state index in [9.17, 15) is 21.6 Å². The minimum Gasteiger partial charge on any atom is -0.493 e. The number of ether oxygens (including phenoxy) is 1. The van der Waals surface area contributed by atoms with Gasteiger partial charge in [-0.3, -0.25) is 0 Å². The Labute approximate surface area is 155 Å². The van der Waals surface area contributed by atoms with E-state index in [0.29, 0.717) is 15.6 Å². The van der Waals surface area contributed by atoms with Crippen LogP contribution in [0, 0.1) is 0 Å². The summed E-state index contributed by atoms with van der Waals surface area (Å²) < 4.78 is 73.1. The second-order valence-corrected chi connectivity index (χ2v) is 8.17. The monoisotopic (exact) mass is 397 g/mol. The maximum absolute atomic E-state index is 13.7. The van der Waals surface area contributed by atoms with Gasteiger partial charge in [-0.05, 0) is 17.7 Å². The summed E-state index contributed by atoms with van der Waals surface area (Å²) in [6.07, 6.45) is -3.39. The van der Waals surface area contributed by atoms with E-state index in [1.54, 1.807) is 30.3 Å². The first-order chi connectivity index (χ1) is 12.7. The fraction of sp³-hybridized carbons (Fsp3) is 0.263. The van der Waals surface area contributed by atoms with Gasteiger partial charge in [0, 0.05) is 19.0 Å². The smallest absolute Gasteiger partial charge is 0.409 e. The number of fused-ring (bicyclic) bond motifs is 1. The molecule has 0 saturated heterocycles. The van der Waals surface area contributed by atoms with Crippen molar-refractivity contribution in [3.63, 3.8) is 0 Å². The molecule has 0 N–H and O–H groups in total. The first-order valence-electron chi connectivity index (χ1n) is 8.23. The second kappa shape index (κ2) is 7.36. The van der Waals surface area contributed by atoms with Crippen molar-refractivity contribution in [2.75, 3.05) is 13.7 Å². The lowest BCUT2D eigenvalue weighted by molar-refractivity contribution is -0.171. The Kier molecular flexibility index (Phi) is 5.30. The Morgan fingerprint density at radius 1 is 1.04 bits per heavy atom. The van der Waals surface area contributed by atoms with Gasteiger partial charge in [0.05, 0.1) is 11.5 Å². The summed E-state index contributed by atoms with van der Waals surface area (Å²) in [7, 11) is -3.41. The minimum atomic E-state index is -4.76. The van der Waals surface area contributed by atoms with Crippen molar-refractivity contribution in [3.8, 4) is 5.75 Å². The van der Waals surface area contributed by atoms with Crippen molar-refractivity contribution in [1.82, 2.24) is 4.31 Å². The van der Waals surface area contributed by atoms with E-state index in [4.69, 9.17) is 4.74 Å². The molecule has 3 rings (SSSR count). The lowest BCUT2D eigenvalue weighted by Crippen LogP contribution is -2.40. The largest absolute Gasteiger partial charge is 0.493 e. The number of rotatable bonds is 4. The zero-order valence-electron chi connectivity index (χ0n) is 14.5. The zero-order chi connectivity index (χ0) is 19.7. The molecule has 27 heavy (non-hydrogen) atoms. The number of benzene rings is 2. The normalized spacial score (nSPS) is 16.1. The van der Waals surface area contributed by atoms with Crippen molar-refractivity contribution in [3.05, 3.63) is 70.6 Å². The van der Waals surface area contributed by atoms with Gasteiger partial charge in [0.2, 0.25) is 10.0 Å². The van der Waals surface area contributed by atoms with Crippen molar-refractivity contribution < 1.29 is 26.3 Å². The first-order valence-corrected chi connectivity index (χ1v) is 9.67. The molecule has 0 spiro atoms. The third kappa shape index (κ3) is 4.01. The fourth-order valence-corrected chi connectivity index (χ4v) is 4.51. The molecule has 2 aromatic carbocycles. The maximum atomic E-state index is 13.7. The van der Waals surface area contributed by atoms with Gasteiger partial charge in [0.15, 0.2) is 0 Å². The lowest BCUT2D eigenvalue weighted by atomic mass is 10.1. The van der Waals surface area contributed by atoms with E-state index in [1.165, 1.54) is 30.3 Å². The number of nitrogens with zero attached hydrogens (tertiary/aromatic N) is 1. The van der Waals surface area contributed by atoms with Crippen LogP contribution in [0.2, 0.25) is 0 Å². The molecule has 8 heteroatoms. The van der Waals surface area contributed by atoms with Crippen molar-refractivity contribution >= 4 is 16.1 Å². The topological polar surface area (TPSA) is 46.6 Å². The average Bonchev–Trinajstić information content (AvgIpc) is 2.84. The van der Waals surface area contributed by atoms with Crippen molar-refractivity contribution in [2.45, 2.75) is 18.6 Å². The van der Waals surface area contributed by atoms with Crippen molar-refractivity contribution in [1.29, 1.82) is 0 Å². The Balaban J connectivity index is 2.04. The van der Waals surface area contributed by atoms with Crippen LogP contribution in [0.15, 0.2) is 59.5 Å². The van der Waals surface area contributed by atoms with Crippen LogP contribution in [0.3, 0.4) is 0 Å². The van der Waals surface area contributed by atoms with E-state index < -0.39 is 22.2 Å². The molecule has 0 amide bonds. The lowest BCUT2D eigenvalue weighted by Gasteiger charge is -2.30. The van der Waals surface area contributed by atoms with Crippen LogP contribution >= 0.6 is 0 Å². The van der Waals surface area contributed by atoms with Crippen LogP contribution in [0.4, 0.5) is 13.2 Å². The number of hydrogen-bond acceptors (Lipinski definition) is 3. The highest BCUT2D eigenvalue weighted by molar-refractivity contribution is 7.93. The molecule has 1 unspecified atom stereocenters.